The minimum Gasteiger partial charge on any atom is -0.390 e. The number of β-amino-alcohol motifs (C(OH)–C–C–N with tert-alkyl or cyclic N) is 1. The molecule has 1 saturated heterocycles. The number of hydrogen-bond donors (Lipinski definition) is 2. The molecule has 2 aliphatic rings. The van der Waals surface area contributed by atoms with E-state index in [1.165, 1.54) is 45.2 Å². The van der Waals surface area contributed by atoms with Crippen LogP contribution < -0.4 is 5.32 Å². The summed E-state index contributed by atoms with van der Waals surface area (Å²) in [7, 11) is 0. The first-order valence-electron chi connectivity index (χ1n) is 6.88. The first-order chi connectivity index (χ1) is 7.74. The minimum absolute atomic E-state index is 0.186. The molecule has 0 aromatic rings. The summed E-state index contributed by atoms with van der Waals surface area (Å²) in [5.74, 6) is 0.867. The highest BCUT2D eigenvalue weighted by Gasteiger charge is 2.22. The van der Waals surface area contributed by atoms with Gasteiger partial charge in [0, 0.05) is 19.1 Å². The quantitative estimate of drug-likeness (QED) is 0.740. The average Bonchev–Trinajstić information content (AvgIpc) is 3.05. The van der Waals surface area contributed by atoms with E-state index in [1.807, 2.05) is 0 Å². The van der Waals surface area contributed by atoms with Crippen molar-refractivity contribution in [3.8, 4) is 0 Å². The van der Waals surface area contributed by atoms with Crippen molar-refractivity contribution in [2.45, 2.75) is 51.2 Å². The lowest BCUT2D eigenvalue weighted by atomic mass is 10.0. The lowest BCUT2D eigenvalue weighted by Crippen LogP contribution is -2.39. The van der Waals surface area contributed by atoms with E-state index in [2.05, 4.69) is 17.1 Å². The molecule has 16 heavy (non-hydrogen) atoms. The van der Waals surface area contributed by atoms with Crippen molar-refractivity contribution in [1.82, 2.24) is 10.2 Å². The Hall–Kier alpha value is -0.120. The molecule has 1 heterocycles. The molecule has 2 fully saturated rings. The summed E-state index contributed by atoms with van der Waals surface area (Å²) in [4.78, 5) is 2.43. The second kappa shape index (κ2) is 5.99. The Bertz CT molecular complexity index is 206. The number of rotatable bonds is 5. The molecule has 1 aliphatic carbocycles. The Balaban J connectivity index is 1.62. The van der Waals surface area contributed by atoms with E-state index in [4.69, 9.17) is 0 Å². The number of aliphatic hydroxyl groups is 1. The Labute approximate surface area is 99.2 Å². The van der Waals surface area contributed by atoms with Crippen LogP contribution in [-0.2, 0) is 0 Å². The molecule has 2 rings (SSSR count). The van der Waals surface area contributed by atoms with Crippen molar-refractivity contribution >= 4 is 0 Å². The van der Waals surface area contributed by atoms with Crippen LogP contribution in [0.1, 0.15) is 39.0 Å². The fourth-order valence-corrected chi connectivity index (χ4v) is 2.46. The van der Waals surface area contributed by atoms with Crippen molar-refractivity contribution in [1.29, 1.82) is 0 Å². The van der Waals surface area contributed by atoms with Crippen LogP contribution in [0.25, 0.3) is 0 Å². The molecular formula is C13H26N2O. The summed E-state index contributed by atoms with van der Waals surface area (Å²) in [5, 5.41) is 13.3. The largest absolute Gasteiger partial charge is 0.390 e. The summed E-state index contributed by atoms with van der Waals surface area (Å²) < 4.78 is 0. The molecule has 0 spiro atoms. The van der Waals surface area contributed by atoms with Crippen molar-refractivity contribution in [3.05, 3.63) is 0 Å². The van der Waals surface area contributed by atoms with Gasteiger partial charge in [0.15, 0.2) is 0 Å². The zero-order valence-corrected chi connectivity index (χ0v) is 10.5. The van der Waals surface area contributed by atoms with E-state index in [9.17, 15) is 5.11 Å². The van der Waals surface area contributed by atoms with Crippen LogP contribution in [0.15, 0.2) is 0 Å². The van der Waals surface area contributed by atoms with Crippen LogP contribution in [0.5, 0.6) is 0 Å². The Kier molecular flexibility index (Phi) is 4.62. The van der Waals surface area contributed by atoms with Crippen LogP contribution in [0.4, 0.5) is 0 Å². The highest BCUT2D eigenvalue weighted by Crippen LogP contribution is 2.19. The standard InChI is InChI=1S/C13H26N2O/c1-11-3-2-7-15(8-6-11)10-13(16)9-14-12-4-5-12/h11-14,16H,2-10H2,1H3. The zero-order chi connectivity index (χ0) is 11.4. The summed E-state index contributed by atoms with van der Waals surface area (Å²) in [5.41, 5.74) is 0. The lowest BCUT2D eigenvalue weighted by molar-refractivity contribution is 0.112. The van der Waals surface area contributed by atoms with Crippen LogP contribution in [0, 0.1) is 5.92 Å². The molecule has 0 bridgehead atoms. The summed E-state index contributed by atoms with van der Waals surface area (Å²) in [6.07, 6.45) is 6.36. The van der Waals surface area contributed by atoms with Crippen LogP contribution >= 0.6 is 0 Å². The van der Waals surface area contributed by atoms with Crippen LogP contribution in [0.3, 0.4) is 0 Å². The molecule has 2 N–H and O–H groups in total. The van der Waals surface area contributed by atoms with Gasteiger partial charge in [-0.3, -0.25) is 0 Å². The van der Waals surface area contributed by atoms with E-state index >= 15 is 0 Å². The molecule has 0 radical (unpaired) electrons. The van der Waals surface area contributed by atoms with Gasteiger partial charge in [-0.25, -0.2) is 0 Å². The Morgan fingerprint density at radius 3 is 2.81 bits per heavy atom. The van der Waals surface area contributed by atoms with Gasteiger partial charge in [-0.1, -0.05) is 6.92 Å². The number of aliphatic hydroxyl groups excluding tert-OH is 1. The topological polar surface area (TPSA) is 35.5 Å². The zero-order valence-electron chi connectivity index (χ0n) is 10.5. The Morgan fingerprint density at radius 1 is 1.25 bits per heavy atom. The maximum atomic E-state index is 9.93. The van der Waals surface area contributed by atoms with E-state index in [-0.39, 0.29) is 6.10 Å². The molecule has 2 unspecified atom stereocenters. The third kappa shape index (κ3) is 4.40. The summed E-state index contributed by atoms with van der Waals surface area (Å²) in [6.45, 7) is 6.31. The summed E-state index contributed by atoms with van der Waals surface area (Å²) >= 11 is 0. The first-order valence-corrected chi connectivity index (χ1v) is 6.88. The number of nitrogens with one attached hydrogen (secondary N) is 1. The molecule has 2 atom stereocenters. The normalized spacial score (nSPS) is 30.0. The monoisotopic (exact) mass is 226 g/mol. The average molecular weight is 226 g/mol. The SMILES string of the molecule is CC1CCCN(CC(O)CNC2CC2)CC1. The lowest BCUT2D eigenvalue weighted by Gasteiger charge is -2.23. The summed E-state index contributed by atoms with van der Waals surface area (Å²) in [6, 6.07) is 0.707. The van der Waals surface area contributed by atoms with E-state index in [0.717, 1.165) is 19.0 Å². The molecule has 0 amide bonds. The van der Waals surface area contributed by atoms with Crippen molar-refractivity contribution in [2.24, 2.45) is 5.92 Å². The van der Waals surface area contributed by atoms with Gasteiger partial charge in [0.05, 0.1) is 6.10 Å². The van der Waals surface area contributed by atoms with Crippen molar-refractivity contribution in [3.63, 3.8) is 0 Å². The molecule has 1 saturated carbocycles. The molecular weight excluding hydrogens is 200 g/mol. The van der Waals surface area contributed by atoms with Crippen molar-refractivity contribution in [2.75, 3.05) is 26.2 Å². The molecule has 1 aliphatic heterocycles. The van der Waals surface area contributed by atoms with Gasteiger partial charge in [-0.15, -0.1) is 0 Å². The molecule has 94 valence electrons. The highest BCUT2D eigenvalue weighted by atomic mass is 16.3. The number of hydrogen-bond acceptors (Lipinski definition) is 3. The number of nitrogens with zero attached hydrogens (tertiary/aromatic N) is 1. The van der Waals surface area contributed by atoms with E-state index in [0.29, 0.717) is 6.04 Å². The van der Waals surface area contributed by atoms with Gasteiger partial charge < -0.3 is 15.3 Å². The third-order valence-electron chi connectivity index (χ3n) is 3.80. The molecule has 0 aromatic heterocycles. The van der Waals surface area contributed by atoms with Gasteiger partial charge in [0.25, 0.3) is 0 Å². The van der Waals surface area contributed by atoms with E-state index in [1.54, 1.807) is 0 Å². The minimum atomic E-state index is -0.186. The highest BCUT2D eigenvalue weighted by molar-refractivity contribution is 4.82. The van der Waals surface area contributed by atoms with Crippen LogP contribution in [-0.4, -0.2) is 48.3 Å². The van der Waals surface area contributed by atoms with Gasteiger partial charge in [-0.05, 0) is 51.1 Å². The predicted octanol–water partition coefficient (Wildman–Crippen LogP) is 1.22. The molecule has 3 heteroatoms. The fourth-order valence-electron chi connectivity index (χ4n) is 2.46. The number of likely N-dealkylation sites (tertiary alicyclic amines) is 1. The molecule has 3 nitrogen and oxygen atoms in total. The maximum Gasteiger partial charge on any atom is 0.0791 e. The second-order valence-corrected chi connectivity index (χ2v) is 5.67. The first kappa shape index (κ1) is 12.3. The second-order valence-electron chi connectivity index (χ2n) is 5.67. The van der Waals surface area contributed by atoms with Crippen LogP contribution in [0.2, 0.25) is 0 Å². The van der Waals surface area contributed by atoms with Gasteiger partial charge in [0.1, 0.15) is 0 Å². The fraction of sp³-hybridized carbons (Fsp3) is 1.00. The Morgan fingerprint density at radius 2 is 2.06 bits per heavy atom. The predicted molar refractivity (Wildman–Crippen MR) is 66.5 cm³/mol. The van der Waals surface area contributed by atoms with Crippen molar-refractivity contribution < 1.29 is 5.11 Å². The third-order valence-corrected chi connectivity index (χ3v) is 3.80. The van der Waals surface area contributed by atoms with E-state index < -0.39 is 0 Å². The van der Waals surface area contributed by atoms with Gasteiger partial charge in [-0.2, -0.15) is 0 Å². The smallest absolute Gasteiger partial charge is 0.0791 e. The molecule has 0 aromatic carbocycles. The van der Waals surface area contributed by atoms with Gasteiger partial charge in [0.2, 0.25) is 0 Å². The maximum absolute atomic E-state index is 9.93. The van der Waals surface area contributed by atoms with Gasteiger partial charge >= 0.3 is 0 Å².